The summed E-state index contributed by atoms with van der Waals surface area (Å²) < 4.78 is 1.78. The van der Waals surface area contributed by atoms with Crippen molar-refractivity contribution in [3.05, 3.63) is 78.0 Å². The monoisotopic (exact) mass is 424 g/mol. The fourth-order valence-electron chi connectivity index (χ4n) is 3.99. The Labute approximate surface area is 186 Å². The summed E-state index contributed by atoms with van der Waals surface area (Å²) in [5.41, 5.74) is 5.84. The maximum absolute atomic E-state index is 9.67. The predicted molar refractivity (Wildman–Crippen MR) is 123 cm³/mol. The molecule has 160 valence electrons. The highest BCUT2D eigenvalue weighted by Gasteiger charge is 2.25. The molecule has 32 heavy (non-hydrogen) atoms. The van der Waals surface area contributed by atoms with Gasteiger partial charge >= 0.3 is 0 Å². The second-order valence-electron chi connectivity index (χ2n) is 8.27. The Morgan fingerprint density at radius 3 is 2.56 bits per heavy atom. The van der Waals surface area contributed by atoms with Crippen LogP contribution >= 0.6 is 0 Å². The van der Waals surface area contributed by atoms with Gasteiger partial charge in [0.15, 0.2) is 5.65 Å². The van der Waals surface area contributed by atoms with E-state index in [0.717, 1.165) is 47.7 Å². The number of aromatic nitrogens is 3. The Bertz CT molecular complexity index is 1260. The van der Waals surface area contributed by atoms with Crippen molar-refractivity contribution >= 4 is 17.3 Å². The summed E-state index contributed by atoms with van der Waals surface area (Å²) in [6.07, 6.45) is 1.39. The van der Waals surface area contributed by atoms with Crippen molar-refractivity contribution in [1.29, 1.82) is 5.26 Å². The maximum Gasteiger partial charge on any atom is 0.247 e. The number of pyridine rings is 1. The van der Waals surface area contributed by atoms with Crippen LogP contribution in [0.5, 0.6) is 0 Å². The van der Waals surface area contributed by atoms with Gasteiger partial charge in [-0.1, -0.05) is 36.4 Å². The first-order valence-corrected chi connectivity index (χ1v) is 10.7. The van der Waals surface area contributed by atoms with E-state index in [2.05, 4.69) is 45.7 Å². The van der Waals surface area contributed by atoms with Gasteiger partial charge in [-0.15, -0.1) is 5.10 Å². The van der Waals surface area contributed by atoms with Crippen molar-refractivity contribution in [2.24, 2.45) is 5.92 Å². The first-order chi connectivity index (χ1) is 15.6. The van der Waals surface area contributed by atoms with Crippen LogP contribution in [-0.4, -0.2) is 37.7 Å². The van der Waals surface area contributed by atoms with E-state index in [1.54, 1.807) is 11.4 Å². The van der Waals surface area contributed by atoms with E-state index < -0.39 is 6.10 Å². The quantitative estimate of drug-likeness (QED) is 0.483. The third-order valence-electron chi connectivity index (χ3n) is 5.82. The topological polar surface area (TPSA) is 89.5 Å². The molecule has 1 atom stereocenters. The number of fused-ring (bicyclic) bond motifs is 1. The summed E-state index contributed by atoms with van der Waals surface area (Å²) in [7, 11) is 0. The number of benzene rings is 2. The summed E-state index contributed by atoms with van der Waals surface area (Å²) in [5, 5.41) is 26.4. The molecule has 0 radical (unpaired) electrons. The molecule has 3 heterocycles. The molecule has 1 aliphatic heterocycles. The molecule has 0 bridgehead atoms. The van der Waals surface area contributed by atoms with Crippen molar-refractivity contribution in [2.45, 2.75) is 19.6 Å². The molecule has 1 fully saturated rings. The number of aliphatic hydroxyl groups excluding tert-OH is 1. The molecule has 7 nitrogen and oxygen atoms in total. The molecule has 0 saturated carbocycles. The Morgan fingerprint density at radius 1 is 1.12 bits per heavy atom. The molecule has 1 saturated heterocycles. The highest BCUT2D eigenvalue weighted by molar-refractivity contribution is 5.78. The van der Waals surface area contributed by atoms with Crippen molar-refractivity contribution in [2.75, 3.05) is 18.4 Å². The predicted octanol–water partition coefficient (Wildman–Crippen LogP) is 4.15. The number of nitriles is 1. The van der Waals surface area contributed by atoms with E-state index in [9.17, 15) is 5.11 Å². The SMILES string of the molecule is CC(O)c1ccc(Nc2nc3c(-c4ccc(CN5CC(C#N)C5)cc4)cccn3n2)cc1. The molecule has 1 unspecified atom stereocenters. The van der Waals surface area contributed by atoms with E-state index in [0.29, 0.717) is 5.95 Å². The minimum absolute atomic E-state index is 0.179. The molecule has 5 rings (SSSR count). The number of hydrogen-bond donors (Lipinski definition) is 2. The zero-order chi connectivity index (χ0) is 22.1. The number of likely N-dealkylation sites (tertiary alicyclic amines) is 1. The molecular formula is C25H24N6O. The largest absolute Gasteiger partial charge is 0.389 e. The van der Waals surface area contributed by atoms with Gasteiger partial charge in [-0.05, 0) is 47.9 Å². The van der Waals surface area contributed by atoms with Crippen LogP contribution < -0.4 is 5.32 Å². The fourth-order valence-corrected chi connectivity index (χ4v) is 3.99. The standard InChI is InChI=1S/C25H24N6O/c1-17(32)20-8-10-22(11-9-20)27-25-28-24-23(3-2-12-31(24)29-25)21-6-4-18(5-7-21)14-30-15-19(13-26)16-30/h2-12,17,19,32H,14-16H2,1H3,(H,27,29). The van der Waals surface area contributed by atoms with E-state index in [-0.39, 0.29) is 5.92 Å². The molecule has 7 heteroatoms. The van der Waals surface area contributed by atoms with Crippen LogP contribution in [0.4, 0.5) is 11.6 Å². The van der Waals surface area contributed by atoms with E-state index >= 15 is 0 Å². The molecule has 4 aromatic rings. The minimum atomic E-state index is -0.494. The molecule has 2 N–H and O–H groups in total. The molecule has 2 aromatic carbocycles. The lowest BCUT2D eigenvalue weighted by molar-refractivity contribution is 0.127. The fraction of sp³-hybridized carbons (Fsp3) is 0.240. The zero-order valence-corrected chi connectivity index (χ0v) is 17.8. The Hall–Kier alpha value is -3.73. The van der Waals surface area contributed by atoms with Gasteiger partial charge in [0.25, 0.3) is 0 Å². The van der Waals surface area contributed by atoms with E-state index in [1.807, 2.05) is 42.6 Å². The first-order valence-electron chi connectivity index (χ1n) is 10.7. The Balaban J connectivity index is 1.34. The smallest absolute Gasteiger partial charge is 0.247 e. The van der Waals surface area contributed by atoms with Crippen LogP contribution in [0, 0.1) is 17.2 Å². The molecule has 0 aliphatic carbocycles. The molecular weight excluding hydrogens is 400 g/mol. The van der Waals surface area contributed by atoms with Crippen LogP contribution in [-0.2, 0) is 6.54 Å². The minimum Gasteiger partial charge on any atom is -0.389 e. The van der Waals surface area contributed by atoms with Crippen molar-refractivity contribution in [1.82, 2.24) is 19.5 Å². The number of aliphatic hydroxyl groups is 1. The summed E-state index contributed by atoms with van der Waals surface area (Å²) >= 11 is 0. The first kappa shape index (κ1) is 20.2. The number of hydrogen-bond acceptors (Lipinski definition) is 6. The van der Waals surface area contributed by atoms with Crippen molar-refractivity contribution in [3.8, 4) is 17.2 Å². The lowest BCUT2D eigenvalue weighted by Crippen LogP contribution is -2.45. The molecule has 2 aromatic heterocycles. The van der Waals surface area contributed by atoms with Crippen LogP contribution in [0.25, 0.3) is 16.8 Å². The Kier molecular flexibility index (Phi) is 5.31. The highest BCUT2D eigenvalue weighted by Crippen LogP contribution is 2.26. The number of rotatable bonds is 6. The van der Waals surface area contributed by atoms with Crippen LogP contribution in [0.1, 0.15) is 24.2 Å². The third kappa shape index (κ3) is 4.06. The van der Waals surface area contributed by atoms with Gasteiger partial charge in [0, 0.05) is 37.1 Å². The lowest BCUT2D eigenvalue weighted by Gasteiger charge is -2.35. The summed E-state index contributed by atoms with van der Waals surface area (Å²) in [5.74, 6) is 0.697. The van der Waals surface area contributed by atoms with Crippen LogP contribution in [0.3, 0.4) is 0 Å². The summed E-state index contributed by atoms with van der Waals surface area (Å²) in [4.78, 5) is 6.99. The zero-order valence-electron chi connectivity index (χ0n) is 17.8. The Morgan fingerprint density at radius 2 is 1.88 bits per heavy atom. The second-order valence-corrected chi connectivity index (χ2v) is 8.27. The van der Waals surface area contributed by atoms with E-state index in [4.69, 9.17) is 10.2 Å². The lowest BCUT2D eigenvalue weighted by atomic mass is 10.00. The maximum atomic E-state index is 9.67. The average Bonchev–Trinajstić information content (AvgIpc) is 3.19. The van der Waals surface area contributed by atoms with Gasteiger partial charge in [0.05, 0.1) is 18.1 Å². The summed E-state index contributed by atoms with van der Waals surface area (Å²) in [6.45, 7) is 4.33. The van der Waals surface area contributed by atoms with Crippen molar-refractivity contribution < 1.29 is 5.11 Å². The van der Waals surface area contributed by atoms with Crippen LogP contribution in [0.2, 0.25) is 0 Å². The second kappa shape index (κ2) is 8.42. The number of anilines is 2. The van der Waals surface area contributed by atoms with E-state index in [1.165, 1.54) is 5.56 Å². The molecule has 0 amide bonds. The number of nitrogens with zero attached hydrogens (tertiary/aromatic N) is 5. The van der Waals surface area contributed by atoms with Gasteiger partial charge in [0.2, 0.25) is 5.95 Å². The highest BCUT2D eigenvalue weighted by atomic mass is 16.3. The van der Waals surface area contributed by atoms with Crippen LogP contribution in [0.15, 0.2) is 66.9 Å². The van der Waals surface area contributed by atoms with Gasteiger partial charge in [-0.2, -0.15) is 10.2 Å². The van der Waals surface area contributed by atoms with Gasteiger partial charge in [-0.25, -0.2) is 4.52 Å². The summed E-state index contributed by atoms with van der Waals surface area (Å²) in [6, 6.07) is 22.4. The third-order valence-corrected chi connectivity index (χ3v) is 5.82. The van der Waals surface area contributed by atoms with Gasteiger partial charge in [0.1, 0.15) is 0 Å². The normalized spacial score (nSPS) is 15.3. The molecule has 0 spiro atoms. The van der Waals surface area contributed by atoms with Gasteiger partial charge < -0.3 is 10.4 Å². The van der Waals surface area contributed by atoms with Crippen molar-refractivity contribution in [3.63, 3.8) is 0 Å². The van der Waals surface area contributed by atoms with Gasteiger partial charge in [-0.3, -0.25) is 4.90 Å². The average molecular weight is 425 g/mol. The molecule has 1 aliphatic rings. The number of nitrogens with one attached hydrogen (secondary N) is 1.